The molecule has 0 aliphatic carbocycles. The van der Waals surface area contributed by atoms with E-state index in [4.69, 9.17) is 0 Å². The Morgan fingerprint density at radius 3 is 2.33 bits per heavy atom. The minimum absolute atomic E-state index is 0.0383. The number of rotatable bonds is 4. The molecule has 3 amide bonds. The maximum Gasteiger partial charge on any atom is 0.321 e. The number of benzene rings is 2. The molecule has 0 aromatic heterocycles. The van der Waals surface area contributed by atoms with E-state index in [1.54, 1.807) is 4.90 Å². The summed E-state index contributed by atoms with van der Waals surface area (Å²) in [7, 11) is 0. The molecule has 1 aliphatic heterocycles. The molecule has 1 heterocycles. The molecule has 0 saturated carbocycles. The molecule has 0 bridgehead atoms. The molecule has 142 valence electrons. The number of urea groups is 1. The van der Waals surface area contributed by atoms with E-state index in [-0.39, 0.29) is 11.9 Å². The Morgan fingerprint density at radius 2 is 1.67 bits per heavy atom. The molecule has 27 heavy (non-hydrogen) atoms. The van der Waals surface area contributed by atoms with Gasteiger partial charge in [-0.15, -0.1) is 0 Å². The Balaban J connectivity index is 1.44. The molecular formula is C20H23BrN4O2. The Hall–Kier alpha value is -2.38. The third-order valence-corrected chi connectivity index (χ3v) is 5.36. The van der Waals surface area contributed by atoms with Gasteiger partial charge in [0.2, 0.25) is 5.91 Å². The van der Waals surface area contributed by atoms with Crippen molar-refractivity contribution in [2.24, 2.45) is 0 Å². The number of nitrogens with zero attached hydrogens (tertiary/aromatic N) is 2. The van der Waals surface area contributed by atoms with Gasteiger partial charge >= 0.3 is 6.03 Å². The normalized spacial score (nSPS) is 14.7. The van der Waals surface area contributed by atoms with Gasteiger partial charge in [0.05, 0.1) is 6.54 Å². The largest absolute Gasteiger partial charge is 0.325 e. The molecule has 1 saturated heterocycles. The highest BCUT2D eigenvalue weighted by molar-refractivity contribution is 9.10. The van der Waals surface area contributed by atoms with Crippen LogP contribution in [0.15, 0.2) is 53.0 Å². The van der Waals surface area contributed by atoms with E-state index in [9.17, 15) is 9.59 Å². The van der Waals surface area contributed by atoms with Crippen LogP contribution in [-0.4, -0.2) is 54.5 Å². The SMILES string of the molecule is Cc1ccc(NC(=O)N2CCN(CC(=O)Nc3ccccc3)CC2)cc1Br. The van der Waals surface area contributed by atoms with E-state index < -0.39 is 0 Å². The van der Waals surface area contributed by atoms with Crippen molar-refractivity contribution in [1.82, 2.24) is 9.80 Å². The van der Waals surface area contributed by atoms with Crippen molar-refractivity contribution in [2.75, 3.05) is 43.4 Å². The summed E-state index contributed by atoms with van der Waals surface area (Å²) in [5, 5.41) is 5.81. The predicted molar refractivity (Wildman–Crippen MR) is 111 cm³/mol. The number of carbonyl (C=O) groups excluding carboxylic acids is 2. The van der Waals surface area contributed by atoms with E-state index in [1.807, 2.05) is 55.5 Å². The van der Waals surface area contributed by atoms with Crippen LogP contribution in [0.4, 0.5) is 16.2 Å². The van der Waals surface area contributed by atoms with Crippen LogP contribution in [0, 0.1) is 6.92 Å². The van der Waals surface area contributed by atoms with Crippen molar-refractivity contribution in [3.8, 4) is 0 Å². The van der Waals surface area contributed by atoms with Crippen LogP contribution in [0.25, 0.3) is 0 Å². The molecule has 0 unspecified atom stereocenters. The minimum Gasteiger partial charge on any atom is -0.325 e. The number of halogens is 1. The highest BCUT2D eigenvalue weighted by Gasteiger charge is 2.22. The van der Waals surface area contributed by atoms with Crippen LogP contribution in [0.1, 0.15) is 5.56 Å². The quantitative estimate of drug-likeness (QED) is 0.779. The maximum atomic E-state index is 12.4. The fraction of sp³-hybridized carbons (Fsp3) is 0.300. The van der Waals surface area contributed by atoms with Crippen molar-refractivity contribution < 1.29 is 9.59 Å². The number of hydrogen-bond donors (Lipinski definition) is 2. The maximum absolute atomic E-state index is 12.4. The minimum atomic E-state index is -0.112. The summed E-state index contributed by atoms with van der Waals surface area (Å²) in [6, 6.07) is 15.1. The van der Waals surface area contributed by atoms with E-state index in [2.05, 4.69) is 31.5 Å². The first-order valence-corrected chi connectivity index (χ1v) is 9.70. The summed E-state index contributed by atoms with van der Waals surface area (Å²) in [6.45, 7) is 4.87. The second kappa shape index (κ2) is 9.01. The lowest BCUT2D eigenvalue weighted by Crippen LogP contribution is -2.51. The van der Waals surface area contributed by atoms with Crippen LogP contribution < -0.4 is 10.6 Å². The predicted octanol–water partition coefficient (Wildman–Crippen LogP) is 3.55. The first-order chi connectivity index (χ1) is 13.0. The first kappa shape index (κ1) is 19.4. The lowest BCUT2D eigenvalue weighted by atomic mass is 10.2. The van der Waals surface area contributed by atoms with Crippen LogP contribution in [-0.2, 0) is 4.79 Å². The molecule has 2 aromatic rings. The topological polar surface area (TPSA) is 64.7 Å². The van der Waals surface area contributed by atoms with E-state index in [1.165, 1.54) is 0 Å². The summed E-state index contributed by atoms with van der Waals surface area (Å²) in [5.41, 5.74) is 2.68. The molecular weight excluding hydrogens is 408 g/mol. The van der Waals surface area contributed by atoms with E-state index in [0.29, 0.717) is 32.7 Å². The van der Waals surface area contributed by atoms with Gasteiger partial charge in [-0.05, 0) is 36.8 Å². The molecule has 2 aromatic carbocycles. The highest BCUT2D eigenvalue weighted by Crippen LogP contribution is 2.21. The van der Waals surface area contributed by atoms with Gasteiger partial charge in [0.1, 0.15) is 0 Å². The van der Waals surface area contributed by atoms with Crippen LogP contribution in [0.3, 0.4) is 0 Å². The number of amides is 3. The molecule has 2 N–H and O–H groups in total. The monoisotopic (exact) mass is 430 g/mol. The van der Waals surface area contributed by atoms with Gasteiger partial charge in [-0.1, -0.05) is 40.2 Å². The lowest BCUT2D eigenvalue weighted by molar-refractivity contribution is -0.117. The smallest absolute Gasteiger partial charge is 0.321 e. The van der Waals surface area contributed by atoms with Crippen LogP contribution in [0.5, 0.6) is 0 Å². The van der Waals surface area contributed by atoms with Crippen LogP contribution in [0.2, 0.25) is 0 Å². The zero-order chi connectivity index (χ0) is 19.2. The summed E-state index contributed by atoms with van der Waals surface area (Å²) in [5.74, 6) is -0.0383. The number of hydrogen-bond acceptors (Lipinski definition) is 3. The fourth-order valence-electron chi connectivity index (χ4n) is 2.91. The van der Waals surface area contributed by atoms with E-state index >= 15 is 0 Å². The second-order valence-corrected chi connectivity index (χ2v) is 7.43. The Bertz CT molecular complexity index is 805. The molecule has 7 heteroatoms. The summed E-state index contributed by atoms with van der Waals surface area (Å²) >= 11 is 3.48. The zero-order valence-electron chi connectivity index (χ0n) is 15.2. The fourth-order valence-corrected chi connectivity index (χ4v) is 3.29. The third-order valence-electron chi connectivity index (χ3n) is 4.51. The number of nitrogens with one attached hydrogen (secondary N) is 2. The molecule has 1 fully saturated rings. The summed E-state index contributed by atoms with van der Waals surface area (Å²) in [6.07, 6.45) is 0. The Labute approximate surface area is 167 Å². The second-order valence-electron chi connectivity index (χ2n) is 6.57. The molecule has 1 aliphatic rings. The van der Waals surface area contributed by atoms with Gasteiger partial charge in [0.25, 0.3) is 0 Å². The van der Waals surface area contributed by atoms with Crippen molar-refractivity contribution >= 4 is 39.2 Å². The Morgan fingerprint density at radius 1 is 0.963 bits per heavy atom. The van der Waals surface area contributed by atoms with Crippen molar-refractivity contribution in [3.05, 3.63) is 58.6 Å². The number of para-hydroxylation sites is 1. The molecule has 6 nitrogen and oxygen atoms in total. The van der Waals surface area contributed by atoms with Gasteiger partial charge < -0.3 is 15.5 Å². The molecule has 0 radical (unpaired) electrons. The standard InChI is InChI=1S/C20H23BrN4O2/c1-15-7-8-17(13-18(15)21)23-20(27)25-11-9-24(10-12-25)14-19(26)22-16-5-3-2-4-6-16/h2-8,13H,9-12,14H2,1H3,(H,22,26)(H,23,27). The third kappa shape index (κ3) is 5.55. The molecule has 3 rings (SSSR count). The molecule has 0 atom stereocenters. The summed E-state index contributed by atoms with van der Waals surface area (Å²) < 4.78 is 0.967. The summed E-state index contributed by atoms with van der Waals surface area (Å²) in [4.78, 5) is 28.4. The number of piperazine rings is 1. The van der Waals surface area contributed by atoms with E-state index in [0.717, 1.165) is 21.4 Å². The number of aryl methyl sites for hydroxylation is 1. The lowest BCUT2D eigenvalue weighted by Gasteiger charge is -2.34. The highest BCUT2D eigenvalue weighted by atomic mass is 79.9. The van der Waals surface area contributed by atoms with Gasteiger partial charge in [-0.2, -0.15) is 0 Å². The van der Waals surface area contributed by atoms with Crippen molar-refractivity contribution in [2.45, 2.75) is 6.92 Å². The number of anilines is 2. The average Bonchev–Trinajstić information content (AvgIpc) is 2.66. The first-order valence-electron chi connectivity index (χ1n) is 8.90. The average molecular weight is 431 g/mol. The Kier molecular flexibility index (Phi) is 6.47. The van der Waals surface area contributed by atoms with Crippen molar-refractivity contribution in [3.63, 3.8) is 0 Å². The zero-order valence-corrected chi connectivity index (χ0v) is 16.8. The number of carbonyl (C=O) groups is 2. The van der Waals surface area contributed by atoms with Gasteiger partial charge in [0, 0.05) is 42.0 Å². The van der Waals surface area contributed by atoms with Gasteiger partial charge in [-0.25, -0.2) is 4.79 Å². The van der Waals surface area contributed by atoms with Gasteiger partial charge in [-0.3, -0.25) is 9.69 Å². The van der Waals surface area contributed by atoms with Crippen LogP contribution >= 0.6 is 15.9 Å². The molecule has 0 spiro atoms. The van der Waals surface area contributed by atoms with Crippen molar-refractivity contribution in [1.29, 1.82) is 0 Å². The van der Waals surface area contributed by atoms with Gasteiger partial charge in [0.15, 0.2) is 0 Å².